The van der Waals surface area contributed by atoms with Crippen LogP contribution < -0.4 is 5.32 Å². The van der Waals surface area contributed by atoms with E-state index in [0.717, 1.165) is 22.9 Å². The fourth-order valence-electron chi connectivity index (χ4n) is 1.54. The van der Waals surface area contributed by atoms with Crippen LogP contribution in [0, 0.1) is 0 Å². The molecule has 0 aliphatic rings. The van der Waals surface area contributed by atoms with Crippen LogP contribution in [-0.4, -0.2) is 15.5 Å². The van der Waals surface area contributed by atoms with Gasteiger partial charge in [-0.1, -0.05) is 43.5 Å². The number of para-hydroxylation sites is 1. The standard InChI is InChI=1S/C13H15N3OS/c1-13(2,3)11-10(18-16-15-11)12(17)14-9-7-5-4-6-8-9/h4-8H,1-3H3,(H,14,17). The molecule has 0 aliphatic heterocycles. The van der Waals surface area contributed by atoms with Crippen molar-refractivity contribution in [3.63, 3.8) is 0 Å². The zero-order valence-electron chi connectivity index (χ0n) is 10.6. The van der Waals surface area contributed by atoms with Gasteiger partial charge in [-0.05, 0) is 23.7 Å². The Morgan fingerprint density at radius 1 is 1.22 bits per heavy atom. The van der Waals surface area contributed by atoms with E-state index in [0.29, 0.717) is 4.88 Å². The minimum absolute atomic E-state index is 0.152. The van der Waals surface area contributed by atoms with Crippen molar-refractivity contribution in [2.45, 2.75) is 26.2 Å². The summed E-state index contributed by atoms with van der Waals surface area (Å²) in [4.78, 5) is 12.7. The van der Waals surface area contributed by atoms with E-state index in [1.807, 2.05) is 51.1 Å². The number of anilines is 1. The van der Waals surface area contributed by atoms with Crippen molar-refractivity contribution in [3.05, 3.63) is 40.9 Å². The van der Waals surface area contributed by atoms with Gasteiger partial charge in [-0.2, -0.15) is 0 Å². The quantitative estimate of drug-likeness (QED) is 0.903. The zero-order valence-corrected chi connectivity index (χ0v) is 11.4. The van der Waals surface area contributed by atoms with E-state index in [1.54, 1.807) is 0 Å². The number of nitrogens with zero attached hydrogens (tertiary/aromatic N) is 2. The van der Waals surface area contributed by atoms with Crippen molar-refractivity contribution < 1.29 is 4.79 Å². The molecule has 1 aromatic heterocycles. The largest absolute Gasteiger partial charge is 0.321 e. The fourth-order valence-corrected chi connectivity index (χ4v) is 2.31. The minimum atomic E-state index is -0.184. The van der Waals surface area contributed by atoms with Gasteiger partial charge in [-0.15, -0.1) is 5.10 Å². The van der Waals surface area contributed by atoms with Crippen LogP contribution in [-0.2, 0) is 5.41 Å². The number of hydrogen-bond donors (Lipinski definition) is 1. The normalized spacial score (nSPS) is 11.3. The Bertz CT molecular complexity index is 543. The molecule has 1 N–H and O–H groups in total. The Balaban J connectivity index is 2.23. The van der Waals surface area contributed by atoms with Gasteiger partial charge < -0.3 is 5.32 Å². The highest BCUT2D eigenvalue weighted by molar-refractivity contribution is 7.08. The number of nitrogens with one attached hydrogen (secondary N) is 1. The summed E-state index contributed by atoms with van der Waals surface area (Å²) in [5, 5.41) is 6.91. The molecule has 0 bridgehead atoms. The smallest absolute Gasteiger partial charge is 0.269 e. The van der Waals surface area contributed by atoms with Gasteiger partial charge in [0, 0.05) is 11.1 Å². The summed E-state index contributed by atoms with van der Waals surface area (Å²) in [6, 6.07) is 9.37. The molecule has 0 fully saturated rings. The van der Waals surface area contributed by atoms with Crippen molar-refractivity contribution >= 4 is 23.1 Å². The molecule has 0 spiro atoms. The lowest BCUT2D eigenvalue weighted by molar-refractivity contribution is 0.102. The van der Waals surface area contributed by atoms with Gasteiger partial charge >= 0.3 is 0 Å². The Morgan fingerprint density at radius 2 is 1.89 bits per heavy atom. The first-order valence-corrected chi connectivity index (χ1v) is 6.45. The maximum Gasteiger partial charge on any atom is 0.269 e. The number of aromatic nitrogens is 2. The molecule has 0 saturated carbocycles. The van der Waals surface area contributed by atoms with Crippen molar-refractivity contribution in [1.82, 2.24) is 9.59 Å². The van der Waals surface area contributed by atoms with Gasteiger partial charge in [0.1, 0.15) is 4.88 Å². The summed E-state index contributed by atoms with van der Waals surface area (Å²) in [6.45, 7) is 6.05. The third-order valence-corrected chi connectivity index (χ3v) is 3.16. The Kier molecular flexibility index (Phi) is 3.43. The summed E-state index contributed by atoms with van der Waals surface area (Å²) < 4.78 is 3.88. The molecule has 94 valence electrons. The highest BCUT2D eigenvalue weighted by Gasteiger charge is 2.26. The zero-order chi connectivity index (χ0) is 13.2. The molecule has 18 heavy (non-hydrogen) atoms. The molecule has 1 amide bonds. The molecule has 2 rings (SSSR count). The summed E-state index contributed by atoms with van der Waals surface area (Å²) in [5.41, 5.74) is 1.33. The summed E-state index contributed by atoms with van der Waals surface area (Å²) in [7, 11) is 0. The maximum absolute atomic E-state index is 12.2. The van der Waals surface area contributed by atoms with Crippen LogP contribution in [0.5, 0.6) is 0 Å². The topological polar surface area (TPSA) is 54.9 Å². The average Bonchev–Trinajstić information content (AvgIpc) is 2.79. The molecular formula is C13H15N3OS. The van der Waals surface area contributed by atoms with Crippen LogP contribution in [0.25, 0.3) is 0 Å². The van der Waals surface area contributed by atoms with Gasteiger partial charge in [-0.3, -0.25) is 4.79 Å². The highest BCUT2D eigenvalue weighted by Crippen LogP contribution is 2.26. The van der Waals surface area contributed by atoms with E-state index in [2.05, 4.69) is 14.9 Å². The highest BCUT2D eigenvalue weighted by atomic mass is 32.1. The minimum Gasteiger partial charge on any atom is -0.321 e. The van der Waals surface area contributed by atoms with Crippen LogP contribution in [0.2, 0.25) is 0 Å². The predicted molar refractivity (Wildman–Crippen MR) is 73.0 cm³/mol. The first-order valence-electron chi connectivity index (χ1n) is 5.68. The number of carbonyl (C=O) groups is 1. The molecule has 1 aromatic carbocycles. The van der Waals surface area contributed by atoms with Crippen LogP contribution in [0.1, 0.15) is 36.1 Å². The molecule has 0 saturated heterocycles. The molecule has 4 nitrogen and oxygen atoms in total. The maximum atomic E-state index is 12.2. The molecular weight excluding hydrogens is 246 g/mol. The number of rotatable bonds is 2. The number of benzene rings is 1. The summed E-state index contributed by atoms with van der Waals surface area (Å²) >= 11 is 1.13. The first-order chi connectivity index (χ1) is 8.48. The first kappa shape index (κ1) is 12.7. The second-order valence-corrected chi connectivity index (χ2v) is 5.77. The second-order valence-electron chi connectivity index (χ2n) is 5.02. The van der Waals surface area contributed by atoms with Gasteiger partial charge in [0.05, 0.1) is 5.69 Å². The summed E-state index contributed by atoms with van der Waals surface area (Å²) in [5.74, 6) is -0.152. The van der Waals surface area contributed by atoms with Crippen molar-refractivity contribution in [3.8, 4) is 0 Å². The average molecular weight is 261 g/mol. The summed E-state index contributed by atoms with van der Waals surface area (Å²) in [6.07, 6.45) is 0. The van der Waals surface area contributed by atoms with Crippen molar-refractivity contribution in [1.29, 1.82) is 0 Å². The van der Waals surface area contributed by atoms with E-state index in [9.17, 15) is 4.79 Å². The van der Waals surface area contributed by atoms with Gasteiger partial charge in [0.2, 0.25) is 0 Å². The van der Waals surface area contributed by atoms with E-state index in [-0.39, 0.29) is 11.3 Å². The van der Waals surface area contributed by atoms with Crippen molar-refractivity contribution in [2.24, 2.45) is 0 Å². The molecule has 2 aromatic rings. The third kappa shape index (κ3) is 2.73. The number of amides is 1. The fraction of sp³-hybridized carbons (Fsp3) is 0.308. The van der Waals surface area contributed by atoms with Crippen LogP contribution in [0.4, 0.5) is 5.69 Å². The molecule has 0 atom stereocenters. The van der Waals surface area contributed by atoms with Crippen LogP contribution in [0.15, 0.2) is 30.3 Å². The SMILES string of the molecule is CC(C)(C)c1nnsc1C(=O)Nc1ccccc1. The van der Waals surface area contributed by atoms with Crippen molar-refractivity contribution in [2.75, 3.05) is 5.32 Å². The Hall–Kier alpha value is -1.75. The molecule has 0 radical (unpaired) electrons. The Morgan fingerprint density at radius 3 is 2.50 bits per heavy atom. The lowest BCUT2D eigenvalue weighted by atomic mass is 9.91. The second kappa shape index (κ2) is 4.86. The molecule has 0 unspecified atom stereocenters. The van der Waals surface area contributed by atoms with E-state index < -0.39 is 0 Å². The lowest BCUT2D eigenvalue weighted by Gasteiger charge is -2.16. The lowest BCUT2D eigenvalue weighted by Crippen LogP contribution is -2.19. The molecule has 1 heterocycles. The van der Waals surface area contributed by atoms with E-state index in [1.165, 1.54) is 0 Å². The van der Waals surface area contributed by atoms with E-state index >= 15 is 0 Å². The van der Waals surface area contributed by atoms with Gasteiger partial charge in [0.25, 0.3) is 5.91 Å². The third-order valence-electron chi connectivity index (χ3n) is 2.44. The van der Waals surface area contributed by atoms with E-state index in [4.69, 9.17) is 0 Å². The van der Waals surface area contributed by atoms with Gasteiger partial charge in [-0.25, -0.2) is 0 Å². The monoisotopic (exact) mass is 261 g/mol. The van der Waals surface area contributed by atoms with Gasteiger partial charge in [0.15, 0.2) is 0 Å². The number of carbonyl (C=O) groups excluding carboxylic acids is 1. The molecule has 5 heteroatoms. The van der Waals surface area contributed by atoms with Crippen LogP contribution in [0.3, 0.4) is 0 Å². The Labute approximate surface area is 110 Å². The number of hydrogen-bond acceptors (Lipinski definition) is 4. The van der Waals surface area contributed by atoms with Crippen LogP contribution >= 0.6 is 11.5 Å². The predicted octanol–water partition coefficient (Wildman–Crippen LogP) is 3.09. The molecule has 0 aliphatic carbocycles.